The maximum Gasteiger partial charge on any atom is 0.123 e. The third kappa shape index (κ3) is 2.20. The van der Waals surface area contributed by atoms with Crippen molar-refractivity contribution in [1.82, 2.24) is 9.97 Å². The van der Waals surface area contributed by atoms with Crippen molar-refractivity contribution in [2.24, 2.45) is 0 Å². The number of aliphatic hydroxyl groups is 1. The molecule has 1 atom stereocenters. The minimum absolute atomic E-state index is 0.651. The summed E-state index contributed by atoms with van der Waals surface area (Å²) in [5.41, 5.74) is 2.52. The quantitative estimate of drug-likeness (QED) is 0.760. The van der Waals surface area contributed by atoms with Crippen LogP contribution >= 0.6 is 0 Å². The highest BCUT2D eigenvalue weighted by atomic mass is 16.3. The third-order valence-corrected chi connectivity index (χ3v) is 3.21. The lowest BCUT2D eigenvalue weighted by molar-refractivity contribution is 0.216. The summed E-state index contributed by atoms with van der Waals surface area (Å²) >= 11 is 0. The van der Waals surface area contributed by atoms with Gasteiger partial charge in [-0.1, -0.05) is 24.3 Å². The molecule has 19 heavy (non-hydrogen) atoms. The molecule has 1 aromatic carbocycles. The van der Waals surface area contributed by atoms with Gasteiger partial charge in [-0.3, -0.25) is 9.97 Å². The molecule has 1 unspecified atom stereocenters. The van der Waals surface area contributed by atoms with Gasteiger partial charge < -0.3 is 5.11 Å². The molecule has 3 aromatic rings. The number of fused-ring (bicyclic) bond motifs is 1. The molecule has 0 saturated carbocycles. The smallest absolute Gasteiger partial charge is 0.123 e. The number of benzene rings is 1. The summed E-state index contributed by atoms with van der Waals surface area (Å²) < 4.78 is 0. The van der Waals surface area contributed by atoms with E-state index in [2.05, 4.69) is 9.97 Å². The van der Waals surface area contributed by atoms with Crippen molar-refractivity contribution in [3.63, 3.8) is 0 Å². The zero-order valence-electron chi connectivity index (χ0n) is 10.6. The fourth-order valence-corrected chi connectivity index (χ4v) is 2.23. The predicted molar refractivity (Wildman–Crippen MR) is 74.8 cm³/mol. The average Bonchev–Trinajstić information content (AvgIpc) is 2.46. The molecule has 0 radical (unpaired) electrons. The molecule has 0 saturated heterocycles. The van der Waals surface area contributed by atoms with Crippen molar-refractivity contribution in [3.05, 3.63) is 71.8 Å². The molecule has 94 valence electrons. The van der Waals surface area contributed by atoms with Crippen LogP contribution in [0, 0.1) is 6.92 Å². The number of aromatic nitrogens is 2. The van der Waals surface area contributed by atoms with Crippen LogP contribution in [0.5, 0.6) is 0 Å². The molecule has 3 rings (SSSR count). The van der Waals surface area contributed by atoms with Gasteiger partial charge in [0.05, 0.1) is 5.69 Å². The van der Waals surface area contributed by atoms with E-state index in [1.807, 2.05) is 43.3 Å². The summed E-state index contributed by atoms with van der Waals surface area (Å²) in [6, 6.07) is 11.7. The van der Waals surface area contributed by atoms with Gasteiger partial charge in [0, 0.05) is 29.5 Å². The number of hydrogen-bond donors (Lipinski definition) is 1. The van der Waals surface area contributed by atoms with Gasteiger partial charge in [-0.15, -0.1) is 0 Å². The fraction of sp³-hybridized carbons (Fsp3) is 0.125. The number of hydrogen-bond acceptors (Lipinski definition) is 3. The monoisotopic (exact) mass is 250 g/mol. The van der Waals surface area contributed by atoms with E-state index < -0.39 is 6.10 Å². The Morgan fingerprint density at radius 1 is 1.11 bits per heavy atom. The minimum atomic E-state index is -0.751. The highest BCUT2D eigenvalue weighted by Gasteiger charge is 2.15. The predicted octanol–water partition coefficient (Wildman–Crippen LogP) is 3.02. The van der Waals surface area contributed by atoms with Crippen LogP contribution < -0.4 is 0 Å². The van der Waals surface area contributed by atoms with Gasteiger partial charge in [-0.05, 0) is 30.0 Å². The van der Waals surface area contributed by atoms with Gasteiger partial charge in [-0.25, -0.2) is 0 Å². The summed E-state index contributed by atoms with van der Waals surface area (Å²) in [5.74, 6) is 0. The van der Waals surface area contributed by atoms with E-state index in [4.69, 9.17) is 0 Å². The van der Waals surface area contributed by atoms with Crippen LogP contribution in [0.25, 0.3) is 10.8 Å². The van der Waals surface area contributed by atoms with Crippen molar-refractivity contribution >= 4 is 10.8 Å². The molecule has 0 amide bonds. The van der Waals surface area contributed by atoms with E-state index in [0.29, 0.717) is 5.69 Å². The first-order chi connectivity index (χ1) is 9.25. The Hall–Kier alpha value is -2.26. The first-order valence-electron chi connectivity index (χ1n) is 6.19. The molecule has 3 heteroatoms. The number of aliphatic hydroxyl groups excluding tert-OH is 1. The molecular weight excluding hydrogens is 236 g/mol. The van der Waals surface area contributed by atoms with Crippen molar-refractivity contribution in [2.75, 3.05) is 0 Å². The van der Waals surface area contributed by atoms with Gasteiger partial charge in [0.1, 0.15) is 6.10 Å². The Bertz CT molecular complexity index is 719. The molecule has 0 aliphatic rings. The molecule has 3 nitrogen and oxygen atoms in total. The molecule has 0 fully saturated rings. The van der Waals surface area contributed by atoms with Crippen molar-refractivity contribution in [3.8, 4) is 0 Å². The van der Waals surface area contributed by atoms with E-state index in [0.717, 1.165) is 21.9 Å². The van der Waals surface area contributed by atoms with Gasteiger partial charge in [0.25, 0.3) is 0 Å². The van der Waals surface area contributed by atoms with Crippen LogP contribution in [-0.4, -0.2) is 15.1 Å². The Balaban J connectivity index is 2.14. The number of aryl methyl sites for hydroxylation is 1. The SMILES string of the molecule is Cc1ccnc(C(O)c2cncc3ccccc23)c1. The van der Waals surface area contributed by atoms with Crippen LogP contribution in [0.15, 0.2) is 55.0 Å². The molecule has 2 heterocycles. The van der Waals surface area contributed by atoms with E-state index in [1.165, 1.54) is 0 Å². The van der Waals surface area contributed by atoms with E-state index in [-0.39, 0.29) is 0 Å². The van der Waals surface area contributed by atoms with Crippen molar-refractivity contribution in [2.45, 2.75) is 13.0 Å². The maximum absolute atomic E-state index is 10.5. The zero-order valence-corrected chi connectivity index (χ0v) is 10.6. The molecule has 0 spiro atoms. The van der Waals surface area contributed by atoms with E-state index >= 15 is 0 Å². The Kier molecular flexibility index (Phi) is 2.97. The van der Waals surface area contributed by atoms with Crippen LogP contribution in [0.2, 0.25) is 0 Å². The largest absolute Gasteiger partial charge is 0.382 e. The van der Waals surface area contributed by atoms with Crippen LogP contribution in [0.4, 0.5) is 0 Å². The first kappa shape index (κ1) is 11.8. The summed E-state index contributed by atoms with van der Waals surface area (Å²) in [4.78, 5) is 8.44. The Morgan fingerprint density at radius 3 is 2.79 bits per heavy atom. The molecule has 0 aliphatic heterocycles. The molecule has 0 bridgehead atoms. The summed E-state index contributed by atoms with van der Waals surface area (Å²) in [6.07, 6.45) is 4.47. The van der Waals surface area contributed by atoms with Gasteiger partial charge in [0.15, 0.2) is 0 Å². The lowest BCUT2D eigenvalue weighted by Gasteiger charge is -2.13. The highest BCUT2D eigenvalue weighted by Crippen LogP contribution is 2.27. The van der Waals surface area contributed by atoms with Gasteiger partial charge >= 0.3 is 0 Å². The van der Waals surface area contributed by atoms with Crippen LogP contribution in [0.1, 0.15) is 22.9 Å². The Labute approximate surface area is 111 Å². The minimum Gasteiger partial charge on any atom is -0.382 e. The first-order valence-corrected chi connectivity index (χ1v) is 6.19. The summed E-state index contributed by atoms with van der Waals surface area (Å²) in [5, 5.41) is 12.5. The Morgan fingerprint density at radius 2 is 1.95 bits per heavy atom. The van der Waals surface area contributed by atoms with Crippen molar-refractivity contribution in [1.29, 1.82) is 0 Å². The van der Waals surface area contributed by atoms with E-state index in [9.17, 15) is 5.11 Å². The standard InChI is InChI=1S/C16H14N2O/c1-11-6-7-18-15(8-11)16(19)14-10-17-9-12-4-2-3-5-13(12)14/h2-10,16,19H,1H3. The highest BCUT2D eigenvalue weighted by molar-refractivity contribution is 5.85. The number of nitrogens with zero attached hydrogens (tertiary/aromatic N) is 2. The second kappa shape index (κ2) is 4.78. The second-order valence-corrected chi connectivity index (χ2v) is 4.61. The van der Waals surface area contributed by atoms with Crippen LogP contribution in [-0.2, 0) is 0 Å². The molecular formula is C16H14N2O. The van der Waals surface area contributed by atoms with Crippen molar-refractivity contribution < 1.29 is 5.11 Å². The molecule has 0 aliphatic carbocycles. The maximum atomic E-state index is 10.5. The molecule has 1 N–H and O–H groups in total. The summed E-state index contributed by atoms with van der Waals surface area (Å²) in [7, 11) is 0. The average molecular weight is 250 g/mol. The van der Waals surface area contributed by atoms with Gasteiger partial charge in [-0.2, -0.15) is 0 Å². The third-order valence-electron chi connectivity index (χ3n) is 3.21. The lowest BCUT2D eigenvalue weighted by atomic mass is 10.0. The van der Waals surface area contributed by atoms with Gasteiger partial charge in [0.2, 0.25) is 0 Å². The normalized spacial score (nSPS) is 12.5. The molecule has 2 aromatic heterocycles. The zero-order chi connectivity index (χ0) is 13.2. The van der Waals surface area contributed by atoms with Crippen LogP contribution in [0.3, 0.4) is 0 Å². The number of pyridine rings is 2. The fourth-order valence-electron chi connectivity index (χ4n) is 2.23. The topological polar surface area (TPSA) is 46.0 Å². The second-order valence-electron chi connectivity index (χ2n) is 4.61. The summed E-state index contributed by atoms with van der Waals surface area (Å²) in [6.45, 7) is 1.99. The lowest BCUT2D eigenvalue weighted by Crippen LogP contribution is -2.03. The van der Waals surface area contributed by atoms with E-state index in [1.54, 1.807) is 18.6 Å². The number of rotatable bonds is 2.